The van der Waals surface area contributed by atoms with Crippen LogP contribution in [0.3, 0.4) is 0 Å². The van der Waals surface area contributed by atoms with Gasteiger partial charge in [-0.1, -0.05) is 11.6 Å². The van der Waals surface area contributed by atoms with E-state index in [1.54, 1.807) is 6.07 Å². The molecule has 9 heteroatoms. The number of nitro benzene ring substituents is 1. The average Bonchev–Trinajstić information content (AvgIpc) is 2.64. The summed E-state index contributed by atoms with van der Waals surface area (Å²) in [6, 6.07) is 10.1. The predicted octanol–water partition coefficient (Wildman–Crippen LogP) is 1.73. The molecule has 0 aliphatic carbocycles. The van der Waals surface area contributed by atoms with E-state index in [2.05, 4.69) is 10.2 Å². The van der Waals surface area contributed by atoms with Crippen molar-refractivity contribution in [3.8, 4) is 0 Å². The molecule has 0 bridgehead atoms. The Morgan fingerprint density at radius 1 is 1.22 bits per heavy atom. The number of anilines is 2. The predicted molar refractivity (Wildman–Crippen MR) is 101 cm³/mol. The maximum absolute atomic E-state index is 12.9. The van der Waals surface area contributed by atoms with Crippen molar-refractivity contribution in [2.24, 2.45) is 0 Å². The molecule has 0 radical (unpaired) electrons. The van der Waals surface area contributed by atoms with Crippen molar-refractivity contribution in [2.45, 2.75) is 0 Å². The first-order chi connectivity index (χ1) is 12.9. The van der Waals surface area contributed by atoms with Crippen LogP contribution in [0, 0.1) is 15.9 Å². The Morgan fingerprint density at radius 2 is 1.89 bits per heavy atom. The van der Waals surface area contributed by atoms with Gasteiger partial charge >= 0.3 is 0 Å². The second kappa shape index (κ2) is 8.32. The van der Waals surface area contributed by atoms with E-state index in [9.17, 15) is 19.3 Å². The molecule has 2 aromatic carbocycles. The monoisotopic (exact) mass is 393 g/mol. The molecule has 0 unspecified atom stereocenters. The first kappa shape index (κ1) is 19.1. The molecule has 3 rings (SSSR count). The molecule has 0 saturated carbocycles. The fraction of sp³-hybridized carbons (Fsp3) is 0.278. The van der Waals surface area contributed by atoms with Gasteiger partial charge in [0, 0.05) is 17.8 Å². The number of amides is 1. The average molecular weight is 394 g/mol. The Labute approximate surface area is 160 Å². The van der Waals surface area contributed by atoms with Crippen LogP contribution in [-0.4, -0.2) is 43.6 Å². The van der Waals surface area contributed by atoms with Gasteiger partial charge in [-0.15, -0.1) is 0 Å². The molecule has 1 aliphatic heterocycles. The molecule has 1 aliphatic rings. The van der Waals surface area contributed by atoms with E-state index in [4.69, 9.17) is 11.6 Å². The number of piperazine rings is 1. The summed E-state index contributed by atoms with van der Waals surface area (Å²) in [5.74, 6) is -0.474. The third kappa shape index (κ3) is 4.93. The molecule has 0 atom stereocenters. The highest BCUT2D eigenvalue weighted by molar-refractivity contribution is 6.33. The summed E-state index contributed by atoms with van der Waals surface area (Å²) in [4.78, 5) is 25.7. The number of rotatable bonds is 5. The number of benzene rings is 2. The molecule has 7 nitrogen and oxygen atoms in total. The molecule has 2 N–H and O–H groups in total. The molecule has 0 aromatic heterocycles. The number of hydrogen-bond acceptors (Lipinski definition) is 4. The summed E-state index contributed by atoms with van der Waals surface area (Å²) in [5, 5.41) is 13.9. The van der Waals surface area contributed by atoms with E-state index in [-0.39, 0.29) is 17.4 Å². The lowest BCUT2D eigenvalue weighted by Crippen LogP contribution is -3.15. The molecule has 1 amide bonds. The zero-order valence-electron chi connectivity index (χ0n) is 14.5. The number of carbonyl (C=O) groups excluding carboxylic acids is 1. The van der Waals surface area contributed by atoms with Gasteiger partial charge in [-0.25, -0.2) is 4.39 Å². The summed E-state index contributed by atoms with van der Waals surface area (Å²) < 4.78 is 12.9. The van der Waals surface area contributed by atoms with E-state index >= 15 is 0 Å². The van der Waals surface area contributed by atoms with E-state index in [0.717, 1.165) is 23.7 Å². The van der Waals surface area contributed by atoms with E-state index < -0.39 is 4.92 Å². The van der Waals surface area contributed by atoms with Gasteiger partial charge in [-0.2, -0.15) is 0 Å². The number of carbonyl (C=O) groups is 1. The van der Waals surface area contributed by atoms with Gasteiger partial charge in [0.25, 0.3) is 11.6 Å². The van der Waals surface area contributed by atoms with Gasteiger partial charge in [-0.3, -0.25) is 14.9 Å². The first-order valence-electron chi connectivity index (χ1n) is 8.50. The quantitative estimate of drug-likeness (QED) is 0.599. The minimum Gasteiger partial charge on any atom is -0.359 e. The lowest BCUT2D eigenvalue weighted by atomic mass is 10.2. The number of nitrogens with one attached hydrogen (secondary N) is 2. The topological polar surface area (TPSA) is 79.9 Å². The van der Waals surface area contributed by atoms with Crippen molar-refractivity contribution >= 4 is 34.6 Å². The fourth-order valence-corrected chi connectivity index (χ4v) is 3.37. The highest BCUT2D eigenvalue weighted by Crippen LogP contribution is 2.29. The summed E-state index contributed by atoms with van der Waals surface area (Å²) in [5.41, 5.74) is 1.29. The molecule has 27 heavy (non-hydrogen) atoms. The zero-order valence-corrected chi connectivity index (χ0v) is 15.2. The number of quaternary nitrogens is 1. The normalized spacial score (nSPS) is 14.8. The molecule has 1 saturated heterocycles. The first-order valence-corrected chi connectivity index (χ1v) is 8.88. The summed E-state index contributed by atoms with van der Waals surface area (Å²) in [6.07, 6.45) is 0. The summed E-state index contributed by atoms with van der Waals surface area (Å²) >= 11 is 6.19. The number of hydrogen-bond donors (Lipinski definition) is 2. The smallest absolute Gasteiger partial charge is 0.279 e. The van der Waals surface area contributed by atoms with Gasteiger partial charge in [0.2, 0.25) is 0 Å². The van der Waals surface area contributed by atoms with Crippen molar-refractivity contribution in [1.82, 2.24) is 0 Å². The van der Waals surface area contributed by atoms with E-state index in [1.165, 1.54) is 36.4 Å². The second-order valence-corrected chi connectivity index (χ2v) is 6.77. The van der Waals surface area contributed by atoms with Crippen LogP contribution in [0.1, 0.15) is 0 Å². The van der Waals surface area contributed by atoms with Gasteiger partial charge in [0.05, 0.1) is 41.8 Å². The maximum Gasteiger partial charge on any atom is 0.279 e. The standard InChI is InChI=1S/C18H18ClFN4O3/c19-16-11-15(24(26)27)5-6-17(16)23-9-7-22(8-10-23)12-18(25)21-14-3-1-13(20)2-4-14/h1-6,11H,7-10,12H2,(H,21,25)/p+1. The molecule has 1 heterocycles. The Morgan fingerprint density at radius 3 is 2.48 bits per heavy atom. The van der Waals surface area contributed by atoms with Crippen LogP contribution in [0.4, 0.5) is 21.5 Å². The molecule has 2 aromatic rings. The SMILES string of the molecule is O=C(C[NH+]1CCN(c2ccc([N+](=O)[O-])cc2Cl)CC1)Nc1ccc(F)cc1. The fourth-order valence-electron chi connectivity index (χ4n) is 3.07. The van der Waals surface area contributed by atoms with E-state index in [0.29, 0.717) is 30.3 Å². The maximum atomic E-state index is 12.9. The second-order valence-electron chi connectivity index (χ2n) is 6.36. The number of halogens is 2. The molecule has 0 spiro atoms. The van der Waals surface area contributed by atoms with Gasteiger partial charge in [0.1, 0.15) is 5.82 Å². The van der Waals surface area contributed by atoms with Crippen molar-refractivity contribution in [3.63, 3.8) is 0 Å². The number of nitro groups is 1. The highest BCUT2D eigenvalue weighted by atomic mass is 35.5. The summed E-state index contributed by atoms with van der Waals surface area (Å²) in [7, 11) is 0. The van der Waals surface area contributed by atoms with Gasteiger partial charge in [-0.05, 0) is 30.3 Å². The van der Waals surface area contributed by atoms with Crippen LogP contribution in [-0.2, 0) is 4.79 Å². The minimum absolute atomic E-state index is 0.0366. The van der Waals surface area contributed by atoms with Crippen LogP contribution < -0.4 is 15.1 Å². The van der Waals surface area contributed by atoms with Crippen LogP contribution in [0.5, 0.6) is 0 Å². The van der Waals surface area contributed by atoms with E-state index in [1.807, 2.05) is 0 Å². The van der Waals surface area contributed by atoms with Crippen LogP contribution in [0.25, 0.3) is 0 Å². The van der Waals surface area contributed by atoms with Crippen LogP contribution >= 0.6 is 11.6 Å². The molecule has 1 fully saturated rings. The Bertz CT molecular complexity index is 839. The van der Waals surface area contributed by atoms with Crippen molar-refractivity contribution in [3.05, 3.63) is 63.4 Å². The molecular formula is C18H19ClFN4O3+. The van der Waals surface area contributed by atoms with Gasteiger partial charge in [0.15, 0.2) is 6.54 Å². The summed E-state index contributed by atoms with van der Waals surface area (Å²) in [6.45, 7) is 3.18. The Kier molecular flexibility index (Phi) is 5.88. The van der Waals surface area contributed by atoms with Crippen molar-refractivity contribution in [1.29, 1.82) is 0 Å². The van der Waals surface area contributed by atoms with Crippen molar-refractivity contribution < 1.29 is 19.0 Å². The molecular weight excluding hydrogens is 375 g/mol. The third-order valence-corrected chi connectivity index (χ3v) is 4.79. The lowest BCUT2D eigenvalue weighted by Gasteiger charge is -2.33. The van der Waals surface area contributed by atoms with Gasteiger partial charge < -0.3 is 15.1 Å². The third-order valence-electron chi connectivity index (χ3n) is 4.49. The molecule has 142 valence electrons. The minimum atomic E-state index is -0.475. The number of nitrogens with zero attached hydrogens (tertiary/aromatic N) is 2. The Balaban J connectivity index is 1.52. The number of non-ortho nitro benzene ring substituents is 1. The van der Waals surface area contributed by atoms with Crippen LogP contribution in [0.2, 0.25) is 5.02 Å². The highest BCUT2D eigenvalue weighted by Gasteiger charge is 2.24. The largest absolute Gasteiger partial charge is 0.359 e. The Hall–Kier alpha value is -2.71. The van der Waals surface area contributed by atoms with Crippen LogP contribution in [0.15, 0.2) is 42.5 Å². The lowest BCUT2D eigenvalue weighted by molar-refractivity contribution is -0.892. The zero-order chi connectivity index (χ0) is 19.4. The van der Waals surface area contributed by atoms with Crippen molar-refractivity contribution in [2.75, 3.05) is 42.9 Å².